The number of hydrogen-bond acceptors (Lipinski definition) is 0. The Morgan fingerprint density at radius 1 is 1.00 bits per heavy atom. The zero-order valence-electron chi connectivity index (χ0n) is 14.5. The Kier molecular flexibility index (Phi) is 3.95. The highest BCUT2D eigenvalue weighted by Gasteiger charge is 2.20. The van der Waals surface area contributed by atoms with Crippen LogP contribution in [0.3, 0.4) is 0 Å². The first-order valence-electron chi connectivity index (χ1n) is 8.43. The Labute approximate surface area is 134 Å². The quantitative estimate of drug-likeness (QED) is 0.638. The molecule has 0 saturated carbocycles. The number of aryl methyl sites for hydroxylation is 3. The van der Waals surface area contributed by atoms with Gasteiger partial charge in [-0.2, -0.15) is 0 Å². The second kappa shape index (κ2) is 5.76. The average Bonchev–Trinajstić information content (AvgIpc) is 2.89. The maximum Gasteiger partial charge on any atom is -0.00550 e. The zero-order chi connectivity index (χ0) is 15.9. The molecule has 0 bridgehead atoms. The van der Waals surface area contributed by atoms with E-state index in [-0.39, 0.29) is 0 Å². The highest BCUT2D eigenvalue weighted by Crippen LogP contribution is 2.39. The highest BCUT2D eigenvalue weighted by molar-refractivity contribution is 5.83. The van der Waals surface area contributed by atoms with E-state index in [9.17, 15) is 0 Å². The second-order valence-corrected chi connectivity index (χ2v) is 6.95. The molecule has 0 fully saturated rings. The molecule has 1 aliphatic rings. The lowest BCUT2D eigenvalue weighted by Crippen LogP contribution is -1.96. The van der Waals surface area contributed by atoms with Crippen molar-refractivity contribution in [2.75, 3.05) is 0 Å². The molecular weight excluding hydrogens is 264 g/mol. The number of benzene rings is 2. The summed E-state index contributed by atoms with van der Waals surface area (Å²) < 4.78 is 0. The summed E-state index contributed by atoms with van der Waals surface area (Å²) in [5, 5.41) is 0. The van der Waals surface area contributed by atoms with Gasteiger partial charge < -0.3 is 0 Å². The Morgan fingerprint density at radius 2 is 1.68 bits per heavy atom. The third-order valence-corrected chi connectivity index (χ3v) is 4.78. The van der Waals surface area contributed by atoms with E-state index in [1.807, 2.05) is 0 Å². The largest absolute Gasteiger partial charge is 0.0626 e. The minimum absolute atomic E-state index is 0.629. The van der Waals surface area contributed by atoms with Gasteiger partial charge in [-0.15, -0.1) is 0 Å². The fourth-order valence-electron chi connectivity index (χ4n) is 3.61. The van der Waals surface area contributed by atoms with E-state index in [0.717, 1.165) is 12.8 Å². The van der Waals surface area contributed by atoms with Gasteiger partial charge >= 0.3 is 0 Å². The molecule has 0 saturated heterocycles. The minimum atomic E-state index is 0.629. The second-order valence-electron chi connectivity index (χ2n) is 6.95. The van der Waals surface area contributed by atoms with Crippen molar-refractivity contribution in [1.29, 1.82) is 0 Å². The van der Waals surface area contributed by atoms with Gasteiger partial charge in [0.05, 0.1) is 0 Å². The molecule has 114 valence electrons. The van der Waals surface area contributed by atoms with E-state index < -0.39 is 0 Å². The predicted octanol–water partition coefficient (Wildman–Crippen LogP) is 6.13. The number of fused-ring (bicyclic) bond motifs is 1. The number of rotatable bonds is 3. The summed E-state index contributed by atoms with van der Waals surface area (Å²) in [6.45, 7) is 11.3. The molecular formula is C22H26. The van der Waals surface area contributed by atoms with Crippen LogP contribution in [0.15, 0.2) is 35.9 Å². The van der Waals surface area contributed by atoms with Crippen molar-refractivity contribution in [2.24, 2.45) is 5.92 Å². The SMILES string of the molecule is CCc1ccc2c(c1-c1cc(C)cc(C)c1)C=C(C(C)C)C2. The first-order valence-corrected chi connectivity index (χ1v) is 8.43. The van der Waals surface area contributed by atoms with Crippen LogP contribution in [0.5, 0.6) is 0 Å². The Morgan fingerprint density at radius 3 is 2.27 bits per heavy atom. The van der Waals surface area contributed by atoms with Gasteiger partial charge in [-0.1, -0.05) is 73.9 Å². The normalized spacial score (nSPS) is 13.5. The summed E-state index contributed by atoms with van der Waals surface area (Å²) in [7, 11) is 0. The van der Waals surface area contributed by atoms with Crippen LogP contribution in [0.25, 0.3) is 17.2 Å². The minimum Gasteiger partial charge on any atom is -0.0626 e. The van der Waals surface area contributed by atoms with Gasteiger partial charge in [0.25, 0.3) is 0 Å². The molecule has 0 aliphatic heterocycles. The van der Waals surface area contributed by atoms with Gasteiger partial charge in [0, 0.05) is 0 Å². The van der Waals surface area contributed by atoms with Crippen LogP contribution >= 0.6 is 0 Å². The van der Waals surface area contributed by atoms with E-state index >= 15 is 0 Å². The third-order valence-electron chi connectivity index (χ3n) is 4.78. The average molecular weight is 290 g/mol. The van der Waals surface area contributed by atoms with Gasteiger partial charge in [0.1, 0.15) is 0 Å². The molecule has 0 nitrogen and oxygen atoms in total. The molecule has 0 aromatic heterocycles. The molecule has 0 radical (unpaired) electrons. The number of allylic oxidation sites excluding steroid dienone is 1. The summed E-state index contributed by atoms with van der Waals surface area (Å²) in [4.78, 5) is 0. The summed E-state index contributed by atoms with van der Waals surface area (Å²) in [5.41, 5.74) is 11.5. The topological polar surface area (TPSA) is 0 Å². The van der Waals surface area contributed by atoms with Gasteiger partial charge in [-0.05, 0) is 60.4 Å². The fourth-order valence-corrected chi connectivity index (χ4v) is 3.61. The smallest absolute Gasteiger partial charge is 0.00550 e. The molecule has 0 unspecified atom stereocenters. The molecule has 0 amide bonds. The Balaban J connectivity index is 2.24. The van der Waals surface area contributed by atoms with E-state index in [4.69, 9.17) is 0 Å². The highest BCUT2D eigenvalue weighted by atomic mass is 14.2. The third kappa shape index (κ3) is 2.63. The van der Waals surface area contributed by atoms with E-state index in [0.29, 0.717) is 5.92 Å². The van der Waals surface area contributed by atoms with Gasteiger partial charge in [-0.25, -0.2) is 0 Å². The molecule has 0 heteroatoms. The standard InChI is InChI=1S/C22H26/c1-6-17-7-8-18-12-19(14(2)3)13-21(18)22(17)20-10-15(4)9-16(5)11-20/h7-11,13-14H,6,12H2,1-5H3. The van der Waals surface area contributed by atoms with Crippen molar-refractivity contribution in [2.45, 2.75) is 47.5 Å². The molecule has 0 N–H and O–H groups in total. The van der Waals surface area contributed by atoms with Crippen LogP contribution in [-0.4, -0.2) is 0 Å². The van der Waals surface area contributed by atoms with Crippen LogP contribution in [0.2, 0.25) is 0 Å². The van der Waals surface area contributed by atoms with Crippen molar-refractivity contribution in [3.05, 3.63) is 63.7 Å². The van der Waals surface area contributed by atoms with Gasteiger partial charge in [0.2, 0.25) is 0 Å². The summed E-state index contributed by atoms with van der Waals surface area (Å²) >= 11 is 0. The van der Waals surface area contributed by atoms with Gasteiger partial charge in [0.15, 0.2) is 0 Å². The molecule has 2 aromatic rings. The number of hydrogen-bond donors (Lipinski definition) is 0. The van der Waals surface area contributed by atoms with Crippen LogP contribution in [0, 0.1) is 19.8 Å². The molecule has 0 heterocycles. The summed E-state index contributed by atoms with van der Waals surface area (Å²) in [6, 6.07) is 11.6. The first-order chi connectivity index (χ1) is 10.5. The van der Waals surface area contributed by atoms with Crippen molar-refractivity contribution in [1.82, 2.24) is 0 Å². The van der Waals surface area contributed by atoms with Crippen LogP contribution in [0.1, 0.15) is 48.6 Å². The van der Waals surface area contributed by atoms with Crippen molar-refractivity contribution in [3.8, 4) is 11.1 Å². The molecule has 3 rings (SSSR count). The monoisotopic (exact) mass is 290 g/mol. The van der Waals surface area contributed by atoms with E-state index in [1.165, 1.54) is 38.9 Å². The van der Waals surface area contributed by atoms with Crippen LogP contribution < -0.4 is 0 Å². The molecule has 22 heavy (non-hydrogen) atoms. The predicted molar refractivity (Wildman–Crippen MR) is 97.2 cm³/mol. The lowest BCUT2D eigenvalue weighted by molar-refractivity contribution is 0.754. The molecule has 0 atom stereocenters. The van der Waals surface area contributed by atoms with Gasteiger partial charge in [-0.3, -0.25) is 0 Å². The molecule has 2 aromatic carbocycles. The van der Waals surface area contributed by atoms with Crippen molar-refractivity contribution in [3.63, 3.8) is 0 Å². The summed E-state index contributed by atoms with van der Waals surface area (Å²) in [6.07, 6.45) is 4.65. The lowest BCUT2D eigenvalue weighted by Gasteiger charge is -2.15. The Hall–Kier alpha value is -1.82. The van der Waals surface area contributed by atoms with Crippen molar-refractivity contribution < 1.29 is 0 Å². The van der Waals surface area contributed by atoms with E-state index in [1.54, 1.807) is 5.57 Å². The van der Waals surface area contributed by atoms with Crippen LogP contribution in [-0.2, 0) is 12.8 Å². The van der Waals surface area contributed by atoms with E-state index in [2.05, 4.69) is 71.0 Å². The molecule has 0 spiro atoms. The Bertz CT molecular complexity index is 725. The summed E-state index contributed by atoms with van der Waals surface area (Å²) in [5.74, 6) is 0.629. The fraction of sp³-hybridized carbons (Fsp3) is 0.364. The van der Waals surface area contributed by atoms with Crippen LogP contribution in [0.4, 0.5) is 0 Å². The maximum absolute atomic E-state index is 2.45. The first kappa shape index (κ1) is 15.1. The van der Waals surface area contributed by atoms with Crippen molar-refractivity contribution >= 4 is 6.08 Å². The zero-order valence-corrected chi connectivity index (χ0v) is 14.5. The lowest BCUT2D eigenvalue weighted by atomic mass is 9.89. The molecule has 1 aliphatic carbocycles. The maximum atomic E-state index is 2.45.